The highest BCUT2D eigenvalue weighted by Gasteiger charge is 2.31. The molecule has 7 heteroatoms. The summed E-state index contributed by atoms with van der Waals surface area (Å²) in [6.07, 6.45) is 1.37. The number of carbonyl (C=O) groups excluding carboxylic acids is 2. The average Bonchev–Trinajstić information content (AvgIpc) is 2.29. The van der Waals surface area contributed by atoms with Crippen LogP contribution in [0.3, 0.4) is 0 Å². The first-order valence-electron chi connectivity index (χ1n) is 6.38. The van der Waals surface area contributed by atoms with Crippen LogP contribution in [0.1, 0.15) is 41.5 Å². The second-order valence-electron chi connectivity index (χ2n) is 4.39. The quantitative estimate of drug-likeness (QED) is 0.333. The Balaban J connectivity index is 0. The van der Waals surface area contributed by atoms with Gasteiger partial charge in [0, 0.05) is 6.08 Å². The van der Waals surface area contributed by atoms with Gasteiger partial charge in [-0.05, 0) is 27.7 Å². The van der Waals surface area contributed by atoms with E-state index < -0.39 is 28.4 Å². The zero-order chi connectivity index (χ0) is 16.3. The van der Waals surface area contributed by atoms with Gasteiger partial charge >= 0.3 is 11.9 Å². The Morgan fingerprint density at radius 2 is 1.75 bits per heavy atom. The van der Waals surface area contributed by atoms with Crippen molar-refractivity contribution in [2.75, 3.05) is 6.61 Å². The van der Waals surface area contributed by atoms with Crippen molar-refractivity contribution in [1.82, 2.24) is 0 Å². The Morgan fingerprint density at radius 1 is 1.25 bits per heavy atom. The van der Waals surface area contributed by atoms with Crippen molar-refractivity contribution in [3.05, 3.63) is 22.4 Å². The number of carbonyl (C=O) groups is 2. The Hall–Kier alpha value is -1.92. The average molecular weight is 289 g/mol. The zero-order valence-corrected chi connectivity index (χ0v) is 12.8. The van der Waals surface area contributed by atoms with Crippen molar-refractivity contribution in [2.45, 2.75) is 47.1 Å². The third-order valence-corrected chi connectivity index (χ3v) is 1.60. The van der Waals surface area contributed by atoms with Crippen LogP contribution in [0.5, 0.6) is 0 Å². The lowest BCUT2D eigenvalue weighted by Gasteiger charge is -2.21. The maximum atomic E-state index is 11.7. The van der Waals surface area contributed by atoms with Gasteiger partial charge < -0.3 is 9.47 Å². The van der Waals surface area contributed by atoms with Gasteiger partial charge in [0.05, 0.1) is 11.5 Å². The van der Waals surface area contributed by atoms with Crippen molar-refractivity contribution in [3.63, 3.8) is 0 Å². The van der Waals surface area contributed by atoms with Crippen LogP contribution in [0.2, 0.25) is 0 Å². The van der Waals surface area contributed by atoms with E-state index in [-0.39, 0.29) is 6.61 Å². The summed E-state index contributed by atoms with van der Waals surface area (Å²) in [7, 11) is 0. The van der Waals surface area contributed by atoms with Crippen LogP contribution >= 0.6 is 0 Å². The van der Waals surface area contributed by atoms with Crippen LogP contribution in [-0.2, 0) is 19.1 Å². The molecule has 0 fully saturated rings. The van der Waals surface area contributed by atoms with E-state index in [4.69, 9.17) is 4.74 Å². The first-order chi connectivity index (χ1) is 9.17. The lowest BCUT2D eigenvalue weighted by molar-refractivity contribution is -0.402. The van der Waals surface area contributed by atoms with Crippen molar-refractivity contribution >= 4 is 11.9 Å². The number of hydrogen-bond acceptors (Lipinski definition) is 6. The van der Waals surface area contributed by atoms with E-state index in [0.29, 0.717) is 6.20 Å². The van der Waals surface area contributed by atoms with Crippen molar-refractivity contribution < 1.29 is 24.0 Å². The van der Waals surface area contributed by atoms with E-state index in [9.17, 15) is 19.7 Å². The molecule has 0 heterocycles. The lowest BCUT2D eigenvalue weighted by atomic mass is 10.1. The number of ether oxygens (including phenoxy) is 2. The van der Waals surface area contributed by atoms with E-state index in [1.54, 1.807) is 27.7 Å². The fraction of sp³-hybridized carbons (Fsp3) is 0.692. The van der Waals surface area contributed by atoms with Gasteiger partial charge in [-0.3, -0.25) is 19.7 Å². The highest BCUT2D eigenvalue weighted by Crippen LogP contribution is 2.13. The van der Waals surface area contributed by atoms with E-state index in [2.05, 4.69) is 4.74 Å². The first-order valence-corrected chi connectivity index (χ1v) is 6.38. The van der Waals surface area contributed by atoms with Crippen molar-refractivity contribution in [3.8, 4) is 0 Å². The molecule has 0 rings (SSSR count). The number of nitro groups is 1. The van der Waals surface area contributed by atoms with E-state index >= 15 is 0 Å². The van der Waals surface area contributed by atoms with Crippen LogP contribution < -0.4 is 0 Å². The molecule has 0 spiro atoms. The van der Waals surface area contributed by atoms with Crippen LogP contribution in [0.15, 0.2) is 12.3 Å². The molecule has 0 radical (unpaired) electrons. The van der Waals surface area contributed by atoms with Gasteiger partial charge in [0.15, 0.2) is 5.92 Å². The van der Waals surface area contributed by atoms with Gasteiger partial charge in [-0.1, -0.05) is 13.8 Å². The minimum Gasteiger partial charge on any atom is -0.465 e. The van der Waals surface area contributed by atoms with Crippen LogP contribution in [0.4, 0.5) is 0 Å². The predicted octanol–water partition coefficient (Wildman–Crippen LogP) is 2.32. The molecule has 0 saturated carbocycles. The fourth-order valence-corrected chi connectivity index (χ4v) is 1.01. The molecular formula is C13H23NO6. The lowest BCUT2D eigenvalue weighted by Crippen LogP contribution is -2.32. The monoisotopic (exact) mass is 289 g/mol. The summed E-state index contributed by atoms with van der Waals surface area (Å²) in [5.74, 6) is -3.17. The van der Waals surface area contributed by atoms with Gasteiger partial charge in [0.2, 0.25) is 6.20 Å². The van der Waals surface area contributed by atoms with Gasteiger partial charge in [-0.2, -0.15) is 0 Å². The summed E-state index contributed by atoms with van der Waals surface area (Å²) in [5.41, 5.74) is -0.787. The van der Waals surface area contributed by atoms with Crippen molar-refractivity contribution in [2.24, 2.45) is 5.92 Å². The molecule has 7 nitrogen and oxygen atoms in total. The van der Waals surface area contributed by atoms with Gasteiger partial charge in [0.1, 0.15) is 5.60 Å². The maximum absolute atomic E-state index is 11.7. The molecular weight excluding hydrogens is 266 g/mol. The number of hydrogen-bond donors (Lipinski definition) is 0. The number of rotatable bonds is 5. The zero-order valence-electron chi connectivity index (χ0n) is 12.8. The second kappa shape index (κ2) is 9.94. The maximum Gasteiger partial charge on any atom is 0.325 e. The van der Waals surface area contributed by atoms with Gasteiger partial charge in [-0.25, -0.2) is 0 Å². The van der Waals surface area contributed by atoms with Crippen molar-refractivity contribution in [1.29, 1.82) is 0 Å². The number of esters is 2. The summed E-state index contributed by atoms with van der Waals surface area (Å²) in [5, 5.41) is 10.2. The fourth-order valence-electron chi connectivity index (χ4n) is 1.01. The minimum atomic E-state index is -1.42. The molecule has 1 unspecified atom stereocenters. The van der Waals surface area contributed by atoms with Gasteiger partial charge in [-0.15, -0.1) is 0 Å². The first kappa shape index (κ1) is 20.4. The molecule has 0 aliphatic heterocycles. The van der Waals surface area contributed by atoms with E-state index in [1.165, 1.54) is 0 Å². The summed E-state index contributed by atoms with van der Waals surface area (Å²) >= 11 is 0. The molecule has 0 aliphatic carbocycles. The Bertz CT molecular complexity index is 356. The largest absolute Gasteiger partial charge is 0.465 e. The molecule has 116 valence electrons. The molecule has 0 aromatic heterocycles. The second-order valence-corrected chi connectivity index (χ2v) is 4.39. The summed E-state index contributed by atoms with van der Waals surface area (Å²) < 4.78 is 9.64. The molecule has 0 aromatic carbocycles. The predicted molar refractivity (Wildman–Crippen MR) is 73.5 cm³/mol. The van der Waals surface area contributed by atoms with Gasteiger partial charge in [0.25, 0.3) is 0 Å². The Morgan fingerprint density at radius 3 is 2.10 bits per heavy atom. The summed E-state index contributed by atoms with van der Waals surface area (Å²) in [6, 6.07) is 0. The van der Waals surface area contributed by atoms with Crippen LogP contribution in [0, 0.1) is 16.0 Å². The molecule has 20 heavy (non-hydrogen) atoms. The molecule has 0 aromatic rings. The molecule has 0 N–H and O–H groups in total. The van der Waals surface area contributed by atoms with Crippen LogP contribution in [-0.4, -0.2) is 29.1 Å². The molecule has 0 saturated heterocycles. The Kier molecular flexibility index (Phi) is 10.1. The highest BCUT2D eigenvalue weighted by molar-refractivity contribution is 5.97. The third-order valence-electron chi connectivity index (χ3n) is 1.60. The normalized spacial score (nSPS) is 12.1. The summed E-state index contributed by atoms with van der Waals surface area (Å²) in [6.45, 7) is 10.5. The third kappa shape index (κ3) is 10.0. The minimum absolute atomic E-state index is 0.0738. The molecule has 0 aliphatic rings. The topological polar surface area (TPSA) is 95.7 Å². The summed E-state index contributed by atoms with van der Waals surface area (Å²) in [4.78, 5) is 32.6. The smallest absolute Gasteiger partial charge is 0.325 e. The Labute approximate surface area is 119 Å². The standard InChI is InChI=1S/C11H17NO6.C2H6/c1-5-17-9(13)8(6-7-12(15)16)10(14)18-11(2,3)4;1-2/h6-8H,5H2,1-4H3;1-2H3/b7-6-;. The highest BCUT2D eigenvalue weighted by atomic mass is 16.6. The van der Waals surface area contributed by atoms with E-state index in [0.717, 1.165) is 6.08 Å². The molecule has 1 atom stereocenters. The molecule has 0 bridgehead atoms. The SMILES string of the molecule is CC.CCOC(=O)C(/C=C\[N+](=O)[O-])C(=O)OC(C)(C)C. The molecule has 0 amide bonds. The van der Waals surface area contributed by atoms with E-state index in [1.807, 2.05) is 13.8 Å². The van der Waals surface area contributed by atoms with Crippen LogP contribution in [0.25, 0.3) is 0 Å². The number of nitrogens with zero attached hydrogens (tertiary/aromatic N) is 1.